The Morgan fingerprint density at radius 3 is 2.81 bits per heavy atom. The summed E-state index contributed by atoms with van der Waals surface area (Å²) >= 11 is 4.89. The highest BCUT2D eigenvalue weighted by Gasteiger charge is 2.09. The molecule has 0 aliphatic rings. The van der Waals surface area contributed by atoms with Gasteiger partial charge in [0.05, 0.1) is 18.5 Å². The van der Waals surface area contributed by atoms with Gasteiger partial charge in [0, 0.05) is 16.7 Å². The van der Waals surface area contributed by atoms with E-state index in [2.05, 4.69) is 52.1 Å². The molecule has 4 aromatic rings. The van der Waals surface area contributed by atoms with Crippen molar-refractivity contribution in [3.63, 3.8) is 0 Å². The largest absolute Gasteiger partial charge is 0.467 e. The number of hydrogen-bond donors (Lipinski definition) is 1. The first-order chi connectivity index (χ1) is 13.3. The molecule has 0 spiro atoms. The van der Waals surface area contributed by atoms with Crippen molar-refractivity contribution in [2.24, 2.45) is 0 Å². The third kappa shape index (κ3) is 4.77. The topological polar surface area (TPSA) is 63.8 Å². The Balaban J connectivity index is 1.32. The molecule has 0 saturated heterocycles. The second-order valence-corrected chi connectivity index (χ2v) is 8.85. The van der Waals surface area contributed by atoms with Gasteiger partial charge < -0.3 is 9.73 Å². The van der Waals surface area contributed by atoms with Gasteiger partial charge in [-0.1, -0.05) is 54.3 Å². The molecule has 3 aromatic heterocycles. The summed E-state index contributed by atoms with van der Waals surface area (Å²) in [5.74, 6) is 1.66. The highest BCUT2D eigenvalue weighted by molar-refractivity contribution is 8.00. The number of benzene rings is 1. The lowest BCUT2D eigenvalue weighted by atomic mass is 10.1. The summed E-state index contributed by atoms with van der Waals surface area (Å²) < 4.78 is 6.23. The van der Waals surface area contributed by atoms with Crippen LogP contribution in [0.5, 0.6) is 0 Å². The summed E-state index contributed by atoms with van der Waals surface area (Å²) in [5, 5.41) is 15.6. The van der Waals surface area contributed by atoms with Crippen LogP contribution in [0.4, 0.5) is 5.13 Å². The maximum Gasteiger partial charge on any atom is 0.206 e. The molecular weight excluding hydrogens is 396 g/mol. The Kier molecular flexibility index (Phi) is 5.86. The number of rotatable bonds is 8. The number of nitrogens with one attached hydrogen (secondary N) is 1. The van der Waals surface area contributed by atoms with Crippen LogP contribution in [0, 0.1) is 0 Å². The minimum Gasteiger partial charge on any atom is -0.467 e. The molecule has 8 heteroatoms. The number of thioether (sulfide) groups is 1. The molecule has 0 amide bonds. The molecule has 138 valence electrons. The van der Waals surface area contributed by atoms with E-state index in [0.29, 0.717) is 6.54 Å². The average Bonchev–Trinajstić information content (AvgIpc) is 3.47. The molecule has 1 N–H and O–H groups in total. The normalized spacial score (nSPS) is 11.0. The van der Waals surface area contributed by atoms with Gasteiger partial charge in [0.2, 0.25) is 5.13 Å². The lowest BCUT2D eigenvalue weighted by Gasteiger charge is -1.99. The van der Waals surface area contributed by atoms with Gasteiger partial charge in [-0.2, -0.15) is 0 Å². The van der Waals surface area contributed by atoms with E-state index in [0.717, 1.165) is 38.1 Å². The zero-order valence-corrected chi connectivity index (χ0v) is 17.2. The zero-order chi connectivity index (χ0) is 18.5. The number of hydrogen-bond acceptors (Lipinski definition) is 8. The summed E-state index contributed by atoms with van der Waals surface area (Å²) in [7, 11) is 0. The van der Waals surface area contributed by atoms with Gasteiger partial charge in [-0.3, -0.25) is 0 Å². The van der Waals surface area contributed by atoms with E-state index in [-0.39, 0.29) is 0 Å². The highest BCUT2D eigenvalue weighted by atomic mass is 32.2. The molecule has 0 saturated carbocycles. The molecular formula is C19H18N4OS3. The maximum atomic E-state index is 5.30. The maximum absolute atomic E-state index is 5.30. The minimum atomic E-state index is 0.610. The summed E-state index contributed by atoms with van der Waals surface area (Å²) in [5.41, 5.74) is 3.59. The van der Waals surface area contributed by atoms with Crippen LogP contribution in [0.3, 0.4) is 0 Å². The molecule has 0 bridgehead atoms. The molecule has 0 aliphatic carbocycles. The van der Waals surface area contributed by atoms with Crippen molar-refractivity contribution in [3.8, 4) is 10.6 Å². The quantitative estimate of drug-likeness (QED) is 0.372. The first kappa shape index (κ1) is 18.2. The van der Waals surface area contributed by atoms with Gasteiger partial charge >= 0.3 is 0 Å². The van der Waals surface area contributed by atoms with Crippen molar-refractivity contribution in [1.29, 1.82) is 0 Å². The van der Waals surface area contributed by atoms with Gasteiger partial charge in [-0.15, -0.1) is 21.5 Å². The molecule has 5 nitrogen and oxygen atoms in total. The number of anilines is 1. The van der Waals surface area contributed by atoms with Crippen LogP contribution in [-0.4, -0.2) is 15.2 Å². The first-order valence-corrected chi connectivity index (χ1v) is 11.2. The third-order valence-electron chi connectivity index (χ3n) is 3.90. The lowest BCUT2D eigenvalue weighted by molar-refractivity contribution is 0.518. The van der Waals surface area contributed by atoms with Crippen molar-refractivity contribution < 1.29 is 4.42 Å². The van der Waals surface area contributed by atoms with Crippen LogP contribution >= 0.6 is 34.4 Å². The smallest absolute Gasteiger partial charge is 0.206 e. The molecule has 0 atom stereocenters. The molecule has 0 fully saturated rings. The van der Waals surface area contributed by atoms with Crippen LogP contribution in [0.25, 0.3) is 10.6 Å². The van der Waals surface area contributed by atoms with Crippen LogP contribution in [0.15, 0.2) is 56.8 Å². The van der Waals surface area contributed by atoms with Gasteiger partial charge in [0.15, 0.2) is 4.34 Å². The van der Waals surface area contributed by atoms with Crippen LogP contribution in [0.2, 0.25) is 0 Å². The fourth-order valence-corrected chi connectivity index (χ4v) is 5.01. The SMILES string of the molecule is CCc1ccc(-c2nc(CSc3nnc(NCc4ccco4)s3)cs2)cc1. The van der Waals surface area contributed by atoms with Crippen molar-refractivity contribution in [2.75, 3.05) is 5.32 Å². The Labute approximate surface area is 169 Å². The minimum absolute atomic E-state index is 0.610. The fourth-order valence-electron chi connectivity index (χ4n) is 2.44. The molecule has 0 radical (unpaired) electrons. The highest BCUT2D eigenvalue weighted by Crippen LogP contribution is 2.31. The van der Waals surface area contributed by atoms with E-state index in [1.165, 1.54) is 11.1 Å². The number of furan rings is 1. The standard InChI is InChI=1S/C19H18N4OS3/c1-2-13-5-7-14(8-6-13)17-21-15(11-25-17)12-26-19-23-22-18(27-19)20-10-16-4-3-9-24-16/h3-9,11H,2,10,12H2,1H3,(H,20,22). The number of nitrogens with zero attached hydrogens (tertiary/aromatic N) is 3. The molecule has 3 heterocycles. The Bertz CT molecular complexity index is 977. The van der Waals surface area contributed by atoms with Crippen LogP contribution in [-0.2, 0) is 18.7 Å². The molecule has 0 aliphatic heterocycles. The van der Waals surface area contributed by atoms with E-state index >= 15 is 0 Å². The molecule has 1 aromatic carbocycles. The van der Waals surface area contributed by atoms with Gasteiger partial charge in [-0.25, -0.2) is 4.98 Å². The first-order valence-electron chi connectivity index (χ1n) is 8.56. The van der Waals surface area contributed by atoms with E-state index in [1.54, 1.807) is 40.7 Å². The Morgan fingerprint density at radius 1 is 1.15 bits per heavy atom. The lowest BCUT2D eigenvalue weighted by Crippen LogP contribution is -1.96. The van der Waals surface area contributed by atoms with Crippen molar-refractivity contribution >= 4 is 39.6 Å². The van der Waals surface area contributed by atoms with Gasteiger partial charge in [0.1, 0.15) is 10.8 Å². The van der Waals surface area contributed by atoms with Crippen molar-refractivity contribution in [2.45, 2.75) is 30.0 Å². The monoisotopic (exact) mass is 414 g/mol. The van der Waals surface area contributed by atoms with Crippen LogP contribution < -0.4 is 5.32 Å². The van der Waals surface area contributed by atoms with Gasteiger partial charge in [-0.05, 0) is 24.1 Å². The molecule has 0 unspecified atom stereocenters. The summed E-state index contributed by atoms with van der Waals surface area (Å²) in [6.07, 6.45) is 2.72. The number of aromatic nitrogens is 3. The van der Waals surface area contributed by atoms with Crippen LogP contribution in [0.1, 0.15) is 23.9 Å². The average molecular weight is 415 g/mol. The summed E-state index contributed by atoms with van der Waals surface area (Å²) in [6.45, 7) is 2.78. The summed E-state index contributed by atoms with van der Waals surface area (Å²) in [6, 6.07) is 12.4. The predicted octanol–water partition coefficient (Wildman–Crippen LogP) is 5.72. The zero-order valence-electron chi connectivity index (χ0n) is 14.7. The second kappa shape index (κ2) is 8.69. The van der Waals surface area contributed by atoms with E-state index < -0.39 is 0 Å². The number of aryl methyl sites for hydroxylation is 1. The molecule has 4 rings (SSSR count). The third-order valence-corrected chi connectivity index (χ3v) is 6.89. The fraction of sp³-hybridized carbons (Fsp3) is 0.211. The van der Waals surface area contributed by atoms with E-state index in [4.69, 9.17) is 9.40 Å². The molecule has 27 heavy (non-hydrogen) atoms. The Hall–Kier alpha value is -2.16. The van der Waals surface area contributed by atoms with E-state index in [1.807, 2.05) is 12.1 Å². The Morgan fingerprint density at radius 2 is 2.04 bits per heavy atom. The van der Waals surface area contributed by atoms with Gasteiger partial charge in [0.25, 0.3) is 0 Å². The van der Waals surface area contributed by atoms with E-state index in [9.17, 15) is 0 Å². The predicted molar refractivity (Wildman–Crippen MR) is 112 cm³/mol. The van der Waals surface area contributed by atoms with Crippen molar-refractivity contribution in [1.82, 2.24) is 15.2 Å². The number of thiazole rings is 1. The summed E-state index contributed by atoms with van der Waals surface area (Å²) in [4.78, 5) is 4.75. The second-order valence-electron chi connectivity index (χ2n) is 5.79. The van der Waals surface area contributed by atoms with Crippen molar-refractivity contribution in [3.05, 3.63) is 65.1 Å².